The minimum absolute atomic E-state index is 0.691. The van der Waals surface area contributed by atoms with Gasteiger partial charge in [0.15, 0.2) is 0 Å². The van der Waals surface area contributed by atoms with Crippen molar-refractivity contribution < 1.29 is 0 Å². The third-order valence-electron chi connectivity index (χ3n) is 4.11. The van der Waals surface area contributed by atoms with Crippen molar-refractivity contribution in [2.24, 2.45) is 0 Å². The fraction of sp³-hybridized carbons (Fsp3) is 0.625. The Bertz CT molecular complexity index is 345. The van der Waals surface area contributed by atoms with Crippen molar-refractivity contribution in [1.82, 2.24) is 5.32 Å². The lowest BCUT2D eigenvalue weighted by Crippen LogP contribution is -2.28. The standard InChI is InChI=1S/C16H25N/c1-3-7-15(17-2)12-14-10-6-9-13-8-4-5-11-16(13)14/h4-5,8,11,14-15,17H,3,6-7,9-10,12H2,1-2H3. The van der Waals surface area contributed by atoms with E-state index in [1.807, 2.05) is 0 Å². The molecule has 1 aliphatic rings. The van der Waals surface area contributed by atoms with Gasteiger partial charge < -0.3 is 5.32 Å². The molecule has 0 spiro atoms. The molecule has 0 bridgehead atoms. The van der Waals surface area contributed by atoms with Gasteiger partial charge in [-0.1, -0.05) is 37.6 Å². The Balaban J connectivity index is 2.07. The Labute approximate surface area is 106 Å². The van der Waals surface area contributed by atoms with Crippen molar-refractivity contribution in [2.45, 2.75) is 57.4 Å². The van der Waals surface area contributed by atoms with E-state index >= 15 is 0 Å². The first kappa shape index (κ1) is 12.6. The van der Waals surface area contributed by atoms with Gasteiger partial charge in [0.05, 0.1) is 0 Å². The van der Waals surface area contributed by atoms with E-state index in [4.69, 9.17) is 0 Å². The average molecular weight is 231 g/mol. The van der Waals surface area contributed by atoms with E-state index in [0.29, 0.717) is 6.04 Å². The second kappa shape index (κ2) is 6.20. The Kier molecular flexibility index (Phi) is 4.61. The van der Waals surface area contributed by atoms with Crippen molar-refractivity contribution in [3.8, 4) is 0 Å². The number of benzene rings is 1. The summed E-state index contributed by atoms with van der Waals surface area (Å²) in [7, 11) is 2.11. The molecule has 1 aromatic rings. The topological polar surface area (TPSA) is 12.0 Å². The number of rotatable bonds is 5. The summed E-state index contributed by atoms with van der Waals surface area (Å²) in [5.41, 5.74) is 3.21. The summed E-state index contributed by atoms with van der Waals surface area (Å²) in [6.45, 7) is 2.28. The molecule has 17 heavy (non-hydrogen) atoms. The molecule has 0 radical (unpaired) electrons. The Morgan fingerprint density at radius 3 is 2.94 bits per heavy atom. The minimum Gasteiger partial charge on any atom is -0.317 e. The number of hydrogen-bond acceptors (Lipinski definition) is 1. The van der Waals surface area contributed by atoms with Gasteiger partial charge in [0.1, 0.15) is 0 Å². The number of hydrogen-bond donors (Lipinski definition) is 1. The summed E-state index contributed by atoms with van der Waals surface area (Å²) in [6, 6.07) is 9.73. The number of nitrogens with one attached hydrogen (secondary N) is 1. The van der Waals surface area contributed by atoms with Crippen LogP contribution >= 0.6 is 0 Å². The largest absolute Gasteiger partial charge is 0.317 e. The molecule has 0 fully saturated rings. The summed E-state index contributed by atoms with van der Waals surface area (Å²) in [5, 5.41) is 3.48. The molecule has 1 nitrogen and oxygen atoms in total. The first-order chi connectivity index (χ1) is 8.35. The average Bonchev–Trinajstić information content (AvgIpc) is 2.38. The molecule has 0 amide bonds. The van der Waals surface area contributed by atoms with Gasteiger partial charge in [-0.2, -0.15) is 0 Å². The van der Waals surface area contributed by atoms with Crippen molar-refractivity contribution >= 4 is 0 Å². The van der Waals surface area contributed by atoms with E-state index in [0.717, 1.165) is 5.92 Å². The monoisotopic (exact) mass is 231 g/mol. The summed E-state index contributed by atoms with van der Waals surface area (Å²) in [4.78, 5) is 0. The fourth-order valence-electron chi connectivity index (χ4n) is 3.17. The van der Waals surface area contributed by atoms with E-state index < -0.39 is 0 Å². The fourth-order valence-corrected chi connectivity index (χ4v) is 3.17. The van der Waals surface area contributed by atoms with Crippen LogP contribution in [-0.4, -0.2) is 13.1 Å². The highest BCUT2D eigenvalue weighted by Crippen LogP contribution is 2.35. The van der Waals surface area contributed by atoms with Gasteiger partial charge in [-0.15, -0.1) is 0 Å². The van der Waals surface area contributed by atoms with Crippen LogP contribution in [0.3, 0.4) is 0 Å². The van der Waals surface area contributed by atoms with Gasteiger partial charge in [0.2, 0.25) is 0 Å². The van der Waals surface area contributed by atoms with Crippen molar-refractivity contribution in [3.05, 3.63) is 35.4 Å². The van der Waals surface area contributed by atoms with Crippen molar-refractivity contribution in [2.75, 3.05) is 7.05 Å². The summed E-state index contributed by atoms with van der Waals surface area (Å²) in [5.74, 6) is 0.781. The first-order valence-electron chi connectivity index (χ1n) is 7.10. The third-order valence-corrected chi connectivity index (χ3v) is 4.11. The van der Waals surface area contributed by atoms with E-state index in [1.165, 1.54) is 38.5 Å². The Hall–Kier alpha value is -0.820. The molecule has 0 aromatic heterocycles. The zero-order valence-electron chi connectivity index (χ0n) is 11.2. The van der Waals surface area contributed by atoms with Crippen LogP contribution in [0.2, 0.25) is 0 Å². The maximum Gasteiger partial charge on any atom is 0.00697 e. The van der Waals surface area contributed by atoms with Gasteiger partial charge in [0.25, 0.3) is 0 Å². The van der Waals surface area contributed by atoms with Crippen LogP contribution < -0.4 is 5.32 Å². The van der Waals surface area contributed by atoms with E-state index in [1.54, 1.807) is 11.1 Å². The molecule has 0 aliphatic heterocycles. The first-order valence-corrected chi connectivity index (χ1v) is 7.10. The van der Waals surface area contributed by atoms with Crippen LogP contribution in [0, 0.1) is 0 Å². The molecule has 0 heterocycles. The maximum absolute atomic E-state index is 3.48. The van der Waals surface area contributed by atoms with Crippen LogP contribution in [0.1, 0.15) is 56.1 Å². The molecule has 2 rings (SSSR count). The summed E-state index contributed by atoms with van der Waals surface area (Å²) < 4.78 is 0. The molecule has 2 unspecified atom stereocenters. The van der Waals surface area contributed by atoms with Gasteiger partial charge >= 0.3 is 0 Å². The molecule has 1 aliphatic carbocycles. The molecule has 1 heteroatoms. The smallest absolute Gasteiger partial charge is 0.00697 e. The van der Waals surface area contributed by atoms with Crippen LogP contribution in [0.4, 0.5) is 0 Å². The highest BCUT2D eigenvalue weighted by molar-refractivity contribution is 5.32. The zero-order valence-corrected chi connectivity index (χ0v) is 11.2. The lowest BCUT2D eigenvalue weighted by Gasteiger charge is -2.28. The number of aryl methyl sites for hydroxylation is 1. The molecule has 94 valence electrons. The molecule has 1 N–H and O–H groups in total. The predicted molar refractivity (Wildman–Crippen MR) is 74.5 cm³/mol. The molecule has 2 atom stereocenters. The second-order valence-electron chi connectivity index (χ2n) is 5.30. The highest BCUT2D eigenvalue weighted by atomic mass is 14.9. The minimum atomic E-state index is 0.691. The van der Waals surface area contributed by atoms with Gasteiger partial charge in [-0.25, -0.2) is 0 Å². The summed E-state index contributed by atoms with van der Waals surface area (Å²) in [6.07, 6.45) is 7.91. The van der Waals surface area contributed by atoms with E-state index in [2.05, 4.69) is 43.6 Å². The van der Waals surface area contributed by atoms with Gasteiger partial charge in [-0.05, 0) is 56.2 Å². The quantitative estimate of drug-likeness (QED) is 0.811. The van der Waals surface area contributed by atoms with Gasteiger partial charge in [-0.3, -0.25) is 0 Å². The lowest BCUT2D eigenvalue weighted by molar-refractivity contribution is 0.410. The predicted octanol–water partition coefficient (Wildman–Crippen LogP) is 3.88. The third kappa shape index (κ3) is 3.10. The molecule has 0 saturated heterocycles. The highest BCUT2D eigenvalue weighted by Gasteiger charge is 2.22. The molecular formula is C16H25N. The maximum atomic E-state index is 3.48. The van der Waals surface area contributed by atoms with Gasteiger partial charge in [0, 0.05) is 6.04 Å². The van der Waals surface area contributed by atoms with Crippen molar-refractivity contribution in [1.29, 1.82) is 0 Å². The lowest BCUT2D eigenvalue weighted by atomic mass is 9.79. The Morgan fingerprint density at radius 2 is 2.18 bits per heavy atom. The molecular weight excluding hydrogens is 206 g/mol. The van der Waals surface area contributed by atoms with E-state index in [9.17, 15) is 0 Å². The van der Waals surface area contributed by atoms with Crippen LogP contribution in [0.25, 0.3) is 0 Å². The number of fused-ring (bicyclic) bond motifs is 1. The van der Waals surface area contributed by atoms with Crippen LogP contribution in [0.15, 0.2) is 24.3 Å². The second-order valence-corrected chi connectivity index (χ2v) is 5.30. The van der Waals surface area contributed by atoms with Crippen molar-refractivity contribution in [3.63, 3.8) is 0 Å². The normalized spacial score (nSPS) is 20.9. The Morgan fingerprint density at radius 1 is 1.35 bits per heavy atom. The zero-order chi connectivity index (χ0) is 12.1. The van der Waals surface area contributed by atoms with Crippen LogP contribution in [0.5, 0.6) is 0 Å². The summed E-state index contributed by atoms with van der Waals surface area (Å²) >= 11 is 0. The SMILES string of the molecule is CCCC(CC1CCCc2ccccc21)NC. The van der Waals surface area contributed by atoms with E-state index in [-0.39, 0.29) is 0 Å². The van der Waals surface area contributed by atoms with Crippen LogP contribution in [-0.2, 0) is 6.42 Å². The molecule has 0 saturated carbocycles. The molecule has 1 aromatic carbocycles.